The molecule has 3 heteroatoms. The minimum atomic E-state index is 0.821. The maximum Gasteiger partial charge on any atom is 0.0676 e. The highest BCUT2D eigenvalue weighted by atomic mass is 35.5. The molecule has 0 N–H and O–H groups in total. The lowest BCUT2D eigenvalue weighted by Crippen LogP contribution is -1.96. The Kier molecular flexibility index (Phi) is 2.08. The predicted molar refractivity (Wildman–Crippen MR) is 68.7 cm³/mol. The third kappa shape index (κ3) is 1.23. The van der Waals surface area contributed by atoms with Crippen molar-refractivity contribution in [3.8, 4) is 0 Å². The van der Waals surface area contributed by atoms with E-state index in [2.05, 4.69) is 35.8 Å². The molecule has 0 fully saturated rings. The number of aryl methyl sites for hydroxylation is 1. The summed E-state index contributed by atoms with van der Waals surface area (Å²) in [5.41, 5.74) is 4.83. The Bertz CT molecular complexity index is 608. The molecule has 0 unspecified atom stereocenters. The van der Waals surface area contributed by atoms with Crippen LogP contribution < -0.4 is 0 Å². The SMILES string of the molecule is CC1=NCCc2cn(C)c3c(Cl)ccc1c23. The van der Waals surface area contributed by atoms with E-state index in [-0.39, 0.29) is 0 Å². The molecule has 0 radical (unpaired) electrons. The van der Waals surface area contributed by atoms with Crippen molar-refractivity contribution in [2.75, 3.05) is 6.54 Å². The molecule has 16 heavy (non-hydrogen) atoms. The average Bonchev–Trinajstić information content (AvgIpc) is 2.49. The van der Waals surface area contributed by atoms with E-state index in [9.17, 15) is 0 Å². The Hall–Kier alpha value is -1.28. The van der Waals surface area contributed by atoms with Crippen LogP contribution in [0.3, 0.4) is 0 Å². The number of nitrogens with zero attached hydrogens (tertiary/aromatic N) is 2. The molecule has 0 spiro atoms. The van der Waals surface area contributed by atoms with Crippen molar-refractivity contribution in [2.45, 2.75) is 13.3 Å². The van der Waals surface area contributed by atoms with Crippen molar-refractivity contribution in [3.63, 3.8) is 0 Å². The number of rotatable bonds is 0. The Balaban J connectivity index is 2.52. The van der Waals surface area contributed by atoms with Gasteiger partial charge in [0.25, 0.3) is 0 Å². The van der Waals surface area contributed by atoms with E-state index >= 15 is 0 Å². The Labute approximate surface area is 99.5 Å². The standard InChI is InChI=1S/C13H13ClN2/c1-8-10-3-4-11(14)13-12(10)9(5-6-15-8)7-16(13)2/h3-4,7H,5-6H2,1-2H3. The Morgan fingerprint density at radius 1 is 1.38 bits per heavy atom. The van der Waals surface area contributed by atoms with Crippen LogP contribution in [-0.2, 0) is 13.5 Å². The summed E-state index contributed by atoms with van der Waals surface area (Å²) in [4.78, 5) is 4.56. The molecule has 0 saturated heterocycles. The molecule has 3 rings (SSSR count). The Morgan fingerprint density at radius 2 is 2.19 bits per heavy atom. The lowest BCUT2D eigenvalue weighted by Gasteiger charge is -2.05. The predicted octanol–water partition coefficient (Wildman–Crippen LogP) is 3.20. The fraction of sp³-hybridized carbons (Fsp3) is 0.308. The van der Waals surface area contributed by atoms with Gasteiger partial charge >= 0.3 is 0 Å². The lowest BCUT2D eigenvalue weighted by atomic mass is 10.0. The van der Waals surface area contributed by atoms with Gasteiger partial charge in [-0.15, -0.1) is 0 Å². The van der Waals surface area contributed by atoms with Gasteiger partial charge in [0.1, 0.15) is 0 Å². The smallest absolute Gasteiger partial charge is 0.0676 e. The highest BCUT2D eigenvalue weighted by molar-refractivity contribution is 6.36. The van der Waals surface area contributed by atoms with Crippen LogP contribution in [0.1, 0.15) is 18.1 Å². The lowest BCUT2D eigenvalue weighted by molar-refractivity contribution is 0.930. The summed E-state index contributed by atoms with van der Waals surface area (Å²) in [6.07, 6.45) is 3.18. The third-order valence-electron chi connectivity index (χ3n) is 3.27. The van der Waals surface area contributed by atoms with E-state index in [1.165, 1.54) is 16.5 Å². The first kappa shape index (κ1) is 9.91. The molecular formula is C13H13ClN2. The number of benzene rings is 1. The number of aliphatic imine (C=N–C) groups is 1. The van der Waals surface area contributed by atoms with Crippen molar-refractivity contribution in [2.24, 2.45) is 12.0 Å². The summed E-state index contributed by atoms with van der Waals surface area (Å²) in [6, 6.07) is 4.05. The minimum absolute atomic E-state index is 0.821. The topological polar surface area (TPSA) is 17.3 Å². The van der Waals surface area contributed by atoms with Crippen LogP contribution in [0.4, 0.5) is 0 Å². The second-order valence-corrected chi connectivity index (χ2v) is 4.71. The first-order chi connectivity index (χ1) is 7.68. The van der Waals surface area contributed by atoms with Crippen molar-refractivity contribution >= 4 is 28.2 Å². The molecule has 0 amide bonds. The molecule has 0 bridgehead atoms. The van der Waals surface area contributed by atoms with E-state index in [0.717, 1.165) is 29.2 Å². The second-order valence-electron chi connectivity index (χ2n) is 4.30. The van der Waals surface area contributed by atoms with Crippen molar-refractivity contribution in [1.82, 2.24) is 4.57 Å². The number of hydrogen-bond donors (Lipinski definition) is 0. The largest absolute Gasteiger partial charge is 0.349 e. The zero-order chi connectivity index (χ0) is 11.3. The molecule has 0 saturated carbocycles. The van der Waals surface area contributed by atoms with Crippen molar-refractivity contribution in [1.29, 1.82) is 0 Å². The van der Waals surface area contributed by atoms with E-state index in [4.69, 9.17) is 11.6 Å². The van der Waals surface area contributed by atoms with Gasteiger partial charge in [-0.3, -0.25) is 4.99 Å². The molecule has 0 atom stereocenters. The summed E-state index contributed by atoms with van der Waals surface area (Å²) >= 11 is 6.27. The van der Waals surface area contributed by atoms with Gasteiger partial charge < -0.3 is 4.57 Å². The third-order valence-corrected chi connectivity index (χ3v) is 3.58. The average molecular weight is 233 g/mol. The van der Waals surface area contributed by atoms with E-state index in [1.807, 2.05) is 6.07 Å². The van der Waals surface area contributed by atoms with Gasteiger partial charge in [-0.05, 0) is 25.0 Å². The quantitative estimate of drug-likeness (QED) is 0.664. The summed E-state index contributed by atoms with van der Waals surface area (Å²) < 4.78 is 2.12. The minimum Gasteiger partial charge on any atom is -0.349 e. The molecule has 2 aromatic rings. The number of hydrogen-bond acceptors (Lipinski definition) is 1. The van der Waals surface area contributed by atoms with Crippen LogP contribution in [0.5, 0.6) is 0 Å². The van der Waals surface area contributed by atoms with Gasteiger partial charge in [0.05, 0.1) is 10.5 Å². The van der Waals surface area contributed by atoms with Crippen LogP contribution in [0.25, 0.3) is 10.9 Å². The molecule has 82 valence electrons. The molecule has 1 aromatic carbocycles. The normalized spacial score (nSPS) is 15.1. The number of aromatic nitrogens is 1. The van der Waals surface area contributed by atoms with Crippen molar-refractivity contribution < 1.29 is 0 Å². The van der Waals surface area contributed by atoms with Crippen LogP contribution in [0.15, 0.2) is 23.3 Å². The number of halogens is 1. The van der Waals surface area contributed by atoms with E-state index in [1.54, 1.807) is 0 Å². The zero-order valence-electron chi connectivity index (χ0n) is 9.42. The fourth-order valence-electron chi connectivity index (χ4n) is 2.52. The van der Waals surface area contributed by atoms with Gasteiger partial charge in [0.2, 0.25) is 0 Å². The summed E-state index contributed by atoms with van der Waals surface area (Å²) in [7, 11) is 2.05. The zero-order valence-corrected chi connectivity index (χ0v) is 10.2. The summed E-state index contributed by atoms with van der Waals surface area (Å²) in [5.74, 6) is 0. The highest BCUT2D eigenvalue weighted by Gasteiger charge is 2.17. The fourth-order valence-corrected chi connectivity index (χ4v) is 2.81. The maximum absolute atomic E-state index is 6.27. The van der Waals surface area contributed by atoms with Gasteiger partial charge in [0.15, 0.2) is 0 Å². The van der Waals surface area contributed by atoms with Crippen LogP contribution in [0, 0.1) is 0 Å². The maximum atomic E-state index is 6.27. The molecule has 0 aliphatic carbocycles. The van der Waals surface area contributed by atoms with Crippen molar-refractivity contribution in [3.05, 3.63) is 34.5 Å². The van der Waals surface area contributed by atoms with E-state index in [0.29, 0.717) is 0 Å². The van der Waals surface area contributed by atoms with Gasteiger partial charge in [-0.25, -0.2) is 0 Å². The van der Waals surface area contributed by atoms with E-state index < -0.39 is 0 Å². The highest BCUT2D eigenvalue weighted by Crippen LogP contribution is 2.32. The second kappa shape index (κ2) is 3.36. The summed E-state index contributed by atoms with van der Waals surface area (Å²) in [5, 5.41) is 2.11. The van der Waals surface area contributed by atoms with Crippen LogP contribution in [0.2, 0.25) is 5.02 Å². The molecule has 2 heterocycles. The Morgan fingerprint density at radius 3 is 3.00 bits per heavy atom. The molecule has 1 aromatic heterocycles. The van der Waals surface area contributed by atoms with Gasteiger partial charge in [-0.2, -0.15) is 0 Å². The first-order valence-corrected chi connectivity index (χ1v) is 5.84. The van der Waals surface area contributed by atoms with Gasteiger partial charge in [-0.1, -0.05) is 17.7 Å². The molecular weight excluding hydrogens is 220 g/mol. The molecule has 1 aliphatic heterocycles. The van der Waals surface area contributed by atoms with Gasteiger partial charge in [0, 0.05) is 36.5 Å². The molecule has 2 nitrogen and oxygen atoms in total. The van der Waals surface area contributed by atoms with Crippen LogP contribution in [-0.4, -0.2) is 16.8 Å². The molecule has 1 aliphatic rings. The summed E-state index contributed by atoms with van der Waals surface area (Å²) in [6.45, 7) is 2.95. The van der Waals surface area contributed by atoms with Crippen LogP contribution >= 0.6 is 11.6 Å². The monoisotopic (exact) mass is 232 g/mol. The first-order valence-electron chi connectivity index (χ1n) is 5.46.